The summed E-state index contributed by atoms with van der Waals surface area (Å²) in [5.41, 5.74) is 0.644. The van der Waals surface area contributed by atoms with Crippen molar-refractivity contribution in [3.8, 4) is 89.3 Å². The molecule has 17 heteroatoms. The van der Waals surface area contributed by atoms with E-state index < -0.39 is 24.8 Å². The average Bonchev–Trinajstić information content (AvgIpc) is 4.22. The van der Waals surface area contributed by atoms with Crippen LogP contribution in [0.2, 0.25) is 11.5 Å². The topological polar surface area (TPSA) is 243 Å². The summed E-state index contributed by atoms with van der Waals surface area (Å²) < 4.78 is 14.4. The molecule has 5 heterocycles. The fourth-order valence-corrected chi connectivity index (χ4v) is 22.9. The van der Waals surface area contributed by atoms with E-state index in [1.54, 1.807) is 61.2 Å². The Morgan fingerprint density at radius 2 is 0.836 bits per heavy atom. The zero-order valence-corrected chi connectivity index (χ0v) is 40.5. The number of thiophene rings is 4. The summed E-state index contributed by atoms with van der Waals surface area (Å²) in [6.07, 6.45) is 3.23. The van der Waals surface area contributed by atoms with E-state index >= 15 is 0 Å². The maximum atomic E-state index is 13.9. The molecule has 2 aliphatic carbocycles. The number of benzene rings is 2. The minimum absolute atomic E-state index is 0.0141. The Kier molecular flexibility index (Phi) is 10.8. The fraction of sp³-hybridized carbons (Fsp3) is 0.0800. The minimum atomic E-state index is -2.93. The van der Waals surface area contributed by atoms with Gasteiger partial charge < -0.3 is 0 Å². The summed E-state index contributed by atoms with van der Waals surface area (Å²) in [5, 5.41) is 78.3. The molecule has 6 aromatic rings. The van der Waals surface area contributed by atoms with Crippen molar-refractivity contribution in [1.82, 2.24) is 0 Å². The van der Waals surface area contributed by atoms with Gasteiger partial charge in [-0.2, -0.15) is 21.0 Å². The van der Waals surface area contributed by atoms with E-state index in [9.17, 15) is 51.7 Å². The second-order valence-corrected chi connectivity index (χ2v) is 28.8. The summed E-state index contributed by atoms with van der Waals surface area (Å²) in [4.78, 5) is 35.0. The molecule has 0 radical (unpaired) electrons. The van der Waals surface area contributed by atoms with Crippen LogP contribution in [-0.2, 0) is 0 Å². The third kappa shape index (κ3) is 6.65. The van der Waals surface area contributed by atoms with Gasteiger partial charge in [-0.3, -0.25) is 0 Å². The van der Waals surface area contributed by atoms with Gasteiger partial charge in [-0.05, 0) is 0 Å². The Morgan fingerprint density at radius 3 is 1.15 bits per heavy atom. The molecule has 314 valence electrons. The van der Waals surface area contributed by atoms with E-state index in [2.05, 4.69) is 23.6 Å². The first-order valence-electron chi connectivity index (χ1n) is 19.6. The van der Waals surface area contributed by atoms with Crippen LogP contribution in [0.25, 0.3) is 52.6 Å². The third-order valence-corrected chi connectivity index (χ3v) is 24.7. The van der Waals surface area contributed by atoms with Crippen LogP contribution in [-0.4, -0.2) is 39.1 Å². The van der Waals surface area contributed by atoms with Crippen LogP contribution >= 0.6 is 45.3 Å². The van der Waals surface area contributed by atoms with Gasteiger partial charge in [0.2, 0.25) is 0 Å². The van der Waals surface area contributed by atoms with Crippen molar-refractivity contribution in [1.29, 1.82) is 42.1 Å². The average molecular weight is 1000 g/mol. The zero-order chi connectivity index (χ0) is 47.6. The number of rotatable bonds is 6. The van der Waals surface area contributed by atoms with Gasteiger partial charge in [-0.15, -0.1) is 0 Å². The summed E-state index contributed by atoms with van der Waals surface area (Å²) in [6, 6.07) is 28.8. The SMILES string of the molecule is COc1cc(/C=C2\C(=O)c3cc(C#N)c(C#N)cc3C2=C(C#N)C#N)sc1-c1c[c]2c(s1)-c1sc(-c3sc(/C=C4\C(=O)c5cc(C#N)c(C#N)cc5C4=C(C#N)C#N)cc3OC)c[c]1[Ge]2([CH3])[CH3]. The molecule has 12 nitrogen and oxygen atoms in total. The van der Waals surface area contributed by atoms with Crippen molar-refractivity contribution in [2.45, 2.75) is 11.5 Å². The number of ether oxygens (including phenoxy) is 2. The number of carbonyl (C=O) groups is 2. The van der Waals surface area contributed by atoms with E-state index in [-0.39, 0.29) is 77.9 Å². The van der Waals surface area contributed by atoms with Crippen LogP contribution in [0.1, 0.15) is 63.9 Å². The van der Waals surface area contributed by atoms with Crippen molar-refractivity contribution < 1.29 is 19.1 Å². The molecule has 0 atom stereocenters. The molecule has 0 amide bonds. The number of carbonyl (C=O) groups excluding carboxylic acids is 2. The molecular weight excluding hydrogens is 977 g/mol. The van der Waals surface area contributed by atoms with Crippen molar-refractivity contribution in [3.05, 3.63) is 125 Å². The summed E-state index contributed by atoms with van der Waals surface area (Å²) >= 11 is 3.13. The number of ketones is 2. The number of allylic oxidation sites excluding steroid dienone is 6. The molecule has 0 bridgehead atoms. The second-order valence-electron chi connectivity index (χ2n) is 15.5. The predicted octanol–water partition coefficient (Wildman–Crippen LogP) is 9.73. The molecule has 3 aliphatic rings. The number of nitriles is 8. The molecule has 0 unspecified atom stereocenters. The molecule has 0 spiro atoms. The molecule has 0 fully saturated rings. The Bertz CT molecular complexity index is 3570. The monoisotopic (exact) mass is 1000 g/mol. The molecule has 0 N–H and O–H groups in total. The molecule has 0 saturated heterocycles. The van der Waals surface area contributed by atoms with Crippen LogP contribution in [0.5, 0.6) is 11.5 Å². The van der Waals surface area contributed by atoms with Crippen LogP contribution < -0.4 is 18.3 Å². The van der Waals surface area contributed by atoms with Gasteiger partial charge in [0.05, 0.1) is 0 Å². The Labute approximate surface area is 400 Å². The number of hydrogen-bond acceptors (Lipinski definition) is 16. The van der Waals surface area contributed by atoms with E-state index in [0.717, 1.165) is 29.3 Å². The molecule has 1 aliphatic heterocycles. The number of nitrogens with zero attached hydrogens (tertiary/aromatic N) is 8. The first-order chi connectivity index (χ1) is 32.3. The van der Waals surface area contributed by atoms with Crippen LogP contribution in [0, 0.1) is 90.6 Å². The van der Waals surface area contributed by atoms with Crippen molar-refractivity contribution in [3.63, 3.8) is 0 Å². The fourth-order valence-electron chi connectivity index (χ4n) is 8.53. The van der Waals surface area contributed by atoms with Gasteiger partial charge in [0.15, 0.2) is 0 Å². The standard InChI is InChI=1S/C50H22GeN8O4S4/c1-51(2)37-13-41(49-39(62-3)11-29(64-49)9-35-43(27(19-56)20-57)31-5-23(15-52)25(17-54)7-33(31)45(35)60)66-47(37)48-38(51)14-42(67-48)50-40(63-4)12-30(65-50)10-36-44(28(21-58)22-59)32-6-24(16-53)26(18-55)8-34(32)46(36)61/h5-14H,1-4H3/b35-9-,36-10-. The Hall–Kier alpha value is -8.40. The molecule has 9 rings (SSSR count). The quantitative estimate of drug-likeness (QED) is 0.0860. The molecule has 0 saturated carbocycles. The van der Waals surface area contributed by atoms with E-state index in [0.29, 0.717) is 21.3 Å². The summed E-state index contributed by atoms with van der Waals surface area (Å²) in [6.45, 7) is 0. The zero-order valence-electron chi connectivity index (χ0n) is 35.1. The number of fused-ring (bicyclic) bond motifs is 5. The van der Waals surface area contributed by atoms with Gasteiger partial charge in [0.1, 0.15) is 24.3 Å². The van der Waals surface area contributed by atoms with Gasteiger partial charge in [0, 0.05) is 0 Å². The van der Waals surface area contributed by atoms with Gasteiger partial charge in [-0.1, -0.05) is 0 Å². The summed E-state index contributed by atoms with van der Waals surface area (Å²) in [7, 11) is 3.12. The van der Waals surface area contributed by atoms with E-state index in [1.807, 2.05) is 48.6 Å². The third-order valence-electron chi connectivity index (χ3n) is 11.7. The Morgan fingerprint density at radius 1 is 0.493 bits per heavy atom. The van der Waals surface area contributed by atoms with Crippen molar-refractivity contribution in [2.24, 2.45) is 0 Å². The number of hydrogen-bond donors (Lipinski definition) is 0. The molecular formula is C50H22GeN8O4S4. The van der Waals surface area contributed by atoms with Gasteiger partial charge in [-0.25, -0.2) is 0 Å². The van der Waals surface area contributed by atoms with Crippen LogP contribution in [0.15, 0.2) is 70.8 Å². The van der Waals surface area contributed by atoms with Gasteiger partial charge >= 0.3 is 358 Å². The van der Waals surface area contributed by atoms with Crippen molar-refractivity contribution in [2.75, 3.05) is 14.2 Å². The first kappa shape index (κ1) is 43.8. The normalized spacial score (nSPS) is 14.6. The molecule has 67 heavy (non-hydrogen) atoms. The molecule has 2 aromatic carbocycles. The van der Waals surface area contributed by atoms with E-state index in [4.69, 9.17) is 9.47 Å². The molecule has 4 aromatic heterocycles. The van der Waals surface area contributed by atoms with Crippen LogP contribution in [0.3, 0.4) is 0 Å². The predicted molar refractivity (Wildman–Crippen MR) is 257 cm³/mol. The van der Waals surface area contributed by atoms with Crippen LogP contribution in [0.4, 0.5) is 0 Å². The Balaban J connectivity index is 1.09. The van der Waals surface area contributed by atoms with Gasteiger partial charge in [0.25, 0.3) is 0 Å². The summed E-state index contributed by atoms with van der Waals surface area (Å²) in [5.74, 6) is 4.87. The van der Waals surface area contributed by atoms with E-state index in [1.165, 1.54) is 55.7 Å². The number of Topliss-reactive ketones (excluding diaryl/α,β-unsaturated/α-hetero) is 2. The number of methoxy groups -OCH3 is 2. The maximum absolute atomic E-state index is 13.9. The second kappa shape index (κ2) is 16.5. The first-order valence-corrected chi connectivity index (χ1v) is 29.1. The van der Waals surface area contributed by atoms with Crippen molar-refractivity contribution >= 4 is 102 Å².